The second kappa shape index (κ2) is 5.04. The number of aromatic nitrogens is 1. The van der Waals surface area contributed by atoms with Crippen LogP contribution in [0.3, 0.4) is 0 Å². The molecule has 0 aliphatic rings. The van der Waals surface area contributed by atoms with Crippen LogP contribution in [0.4, 0.5) is 0 Å². The standard InChI is InChI=1S/C14H18N2O/c1-3-10-16(4-2)14(17)12-7-5-6-11-8-9-15-13(11)12/h5-9,15H,3-4,10H2,1-2H3. The third-order valence-corrected chi connectivity index (χ3v) is 2.98. The molecule has 90 valence electrons. The zero-order valence-electron chi connectivity index (χ0n) is 10.4. The van der Waals surface area contributed by atoms with E-state index in [1.807, 2.05) is 42.3 Å². The lowest BCUT2D eigenvalue weighted by Gasteiger charge is -2.20. The number of carbonyl (C=O) groups excluding carboxylic acids is 1. The molecule has 0 atom stereocenters. The molecule has 0 spiro atoms. The highest BCUT2D eigenvalue weighted by atomic mass is 16.2. The Bertz CT molecular complexity index is 516. The molecule has 17 heavy (non-hydrogen) atoms. The number of nitrogens with one attached hydrogen (secondary N) is 1. The first-order valence-corrected chi connectivity index (χ1v) is 6.13. The number of rotatable bonds is 4. The van der Waals surface area contributed by atoms with Crippen LogP contribution in [0.1, 0.15) is 30.6 Å². The van der Waals surface area contributed by atoms with E-state index in [-0.39, 0.29) is 5.91 Å². The molecule has 3 heteroatoms. The summed E-state index contributed by atoms with van der Waals surface area (Å²) < 4.78 is 0. The molecule has 0 aliphatic carbocycles. The van der Waals surface area contributed by atoms with Crippen LogP contribution in [-0.4, -0.2) is 28.9 Å². The van der Waals surface area contributed by atoms with Crippen molar-refractivity contribution in [2.45, 2.75) is 20.3 Å². The minimum absolute atomic E-state index is 0.113. The van der Waals surface area contributed by atoms with Crippen LogP contribution in [0.2, 0.25) is 0 Å². The van der Waals surface area contributed by atoms with Gasteiger partial charge in [0, 0.05) is 24.7 Å². The molecule has 0 saturated carbocycles. The number of benzene rings is 1. The average molecular weight is 230 g/mol. The predicted molar refractivity (Wildman–Crippen MR) is 70.2 cm³/mol. The van der Waals surface area contributed by atoms with E-state index >= 15 is 0 Å². The minimum atomic E-state index is 0.113. The molecule has 0 radical (unpaired) electrons. The number of amides is 1. The number of aromatic amines is 1. The van der Waals surface area contributed by atoms with Crippen molar-refractivity contribution >= 4 is 16.8 Å². The van der Waals surface area contributed by atoms with E-state index in [9.17, 15) is 4.79 Å². The van der Waals surface area contributed by atoms with Gasteiger partial charge in [-0.2, -0.15) is 0 Å². The van der Waals surface area contributed by atoms with Gasteiger partial charge in [-0.15, -0.1) is 0 Å². The lowest BCUT2D eigenvalue weighted by atomic mass is 10.1. The van der Waals surface area contributed by atoms with Crippen molar-refractivity contribution in [1.82, 2.24) is 9.88 Å². The predicted octanol–water partition coefficient (Wildman–Crippen LogP) is 3.04. The van der Waals surface area contributed by atoms with Gasteiger partial charge in [0.2, 0.25) is 0 Å². The summed E-state index contributed by atoms with van der Waals surface area (Å²) in [6.45, 7) is 5.67. The topological polar surface area (TPSA) is 36.1 Å². The fourth-order valence-corrected chi connectivity index (χ4v) is 2.11. The van der Waals surface area contributed by atoms with Crippen LogP contribution in [0.5, 0.6) is 0 Å². The lowest BCUT2D eigenvalue weighted by molar-refractivity contribution is 0.0766. The molecule has 1 heterocycles. The lowest BCUT2D eigenvalue weighted by Crippen LogP contribution is -2.31. The van der Waals surface area contributed by atoms with Gasteiger partial charge in [-0.1, -0.05) is 19.1 Å². The first kappa shape index (κ1) is 11.7. The van der Waals surface area contributed by atoms with E-state index in [0.29, 0.717) is 0 Å². The number of carbonyl (C=O) groups is 1. The summed E-state index contributed by atoms with van der Waals surface area (Å²) in [6.07, 6.45) is 2.86. The van der Waals surface area contributed by atoms with Crippen molar-refractivity contribution in [3.05, 3.63) is 36.0 Å². The van der Waals surface area contributed by atoms with Crippen molar-refractivity contribution in [1.29, 1.82) is 0 Å². The fourth-order valence-electron chi connectivity index (χ4n) is 2.11. The molecular weight excluding hydrogens is 212 g/mol. The third-order valence-electron chi connectivity index (χ3n) is 2.98. The Labute approximate surface area is 101 Å². The van der Waals surface area contributed by atoms with E-state index in [4.69, 9.17) is 0 Å². The maximum absolute atomic E-state index is 12.4. The molecule has 0 fully saturated rings. The van der Waals surface area contributed by atoms with Gasteiger partial charge in [-0.25, -0.2) is 0 Å². The zero-order valence-corrected chi connectivity index (χ0v) is 10.4. The van der Waals surface area contributed by atoms with Crippen molar-refractivity contribution in [3.8, 4) is 0 Å². The number of hydrogen-bond donors (Lipinski definition) is 1. The number of nitrogens with zero attached hydrogens (tertiary/aromatic N) is 1. The first-order chi connectivity index (χ1) is 8.27. The highest BCUT2D eigenvalue weighted by Crippen LogP contribution is 2.18. The van der Waals surface area contributed by atoms with E-state index in [1.54, 1.807) is 0 Å². The van der Waals surface area contributed by atoms with Crippen molar-refractivity contribution < 1.29 is 4.79 Å². The average Bonchev–Trinajstić information content (AvgIpc) is 2.83. The monoisotopic (exact) mass is 230 g/mol. The van der Waals surface area contributed by atoms with E-state index in [2.05, 4.69) is 11.9 Å². The van der Waals surface area contributed by atoms with Gasteiger partial charge in [-0.3, -0.25) is 4.79 Å². The van der Waals surface area contributed by atoms with Crippen LogP contribution in [0.25, 0.3) is 10.9 Å². The number of H-pyrrole nitrogens is 1. The van der Waals surface area contributed by atoms with E-state index < -0.39 is 0 Å². The van der Waals surface area contributed by atoms with Gasteiger partial charge in [0.25, 0.3) is 5.91 Å². The summed E-state index contributed by atoms with van der Waals surface area (Å²) >= 11 is 0. The van der Waals surface area contributed by atoms with Crippen LogP contribution in [0, 0.1) is 0 Å². The van der Waals surface area contributed by atoms with Crippen molar-refractivity contribution in [2.75, 3.05) is 13.1 Å². The molecule has 0 saturated heterocycles. The van der Waals surface area contributed by atoms with Gasteiger partial charge in [0.05, 0.1) is 11.1 Å². The fraction of sp³-hybridized carbons (Fsp3) is 0.357. The second-order valence-electron chi connectivity index (χ2n) is 4.13. The molecule has 0 bridgehead atoms. The van der Waals surface area contributed by atoms with Crippen molar-refractivity contribution in [2.24, 2.45) is 0 Å². The normalized spacial score (nSPS) is 10.7. The second-order valence-corrected chi connectivity index (χ2v) is 4.13. The van der Waals surface area contributed by atoms with Gasteiger partial charge >= 0.3 is 0 Å². The number of para-hydroxylation sites is 1. The Kier molecular flexibility index (Phi) is 3.47. The summed E-state index contributed by atoms with van der Waals surface area (Å²) in [4.78, 5) is 17.4. The molecule has 1 N–H and O–H groups in total. The quantitative estimate of drug-likeness (QED) is 0.861. The van der Waals surface area contributed by atoms with Gasteiger partial charge in [0.15, 0.2) is 0 Å². The Morgan fingerprint density at radius 2 is 2.12 bits per heavy atom. The maximum atomic E-state index is 12.4. The Hall–Kier alpha value is -1.77. The van der Waals surface area contributed by atoms with Crippen LogP contribution in [-0.2, 0) is 0 Å². The Morgan fingerprint density at radius 3 is 2.82 bits per heavy atom. The Balaban J connectivity index is 2.38. The third kappa shape index (κ3) is 2.18. The van der Waals surface area contributed by atoms with Crippen LogP contribution in [0.15, 0.2) is 30.5 Å². The molecule has 3 nitrogen and oxygen atoms in total. The SMILES string of the molecule is CCCN(CC)C(=O)c1cccc2cc[nH]c12. The maximum Gasteiger partial charge on any atom is 0.255 e. The van der Waals surface area contributed by atoms with Gasteiger partial charge < -0.3 is 9.88 Å². The molecular formula is C14H18N2O. The molecule has 0 unspecified atom stereocenters. The summed E-state index contributed by atoms with van der Waals surface area (Å²) in [6, 6.07) is 7.82. The molecule has 1 amide bonds. The summed E-state index contributed by atoms with van der Waals surface area (Å²) in [7, 11) is 0. The number of hydrogen-bond acceptors (Lipinski definition) is 1. The van der Waals surface area contributed by atoms with E-state index in [0.717, 1.165) is 36.0 Å². The van der Waals surface area contributed by atoms with E-state index in [1.165, 1.54) is 0 Å². The van der Waals surface area contributed by atoms with Gasteiger partial charge in [-0.05, 0) is 25.5 Å². The summed E-state index contributed by atoms with van der Waals surface area (Å²) in [5.74, 6) is 0.113. The van der Waals surface area contributed by atoms with Crippen LogP contribution < -0.4 is 0 Å². The molecule has 0 aliphatic heterocycles. The van der Waals surface area contributed by atoms with Crippen LogP contribution >= 0.6 is 0 Å². The summed E-state index contributed by atoms with van der Waals surface area (Å²) in [5, 5.41) is 1.09. The molecule has 2 aromatic rings. The highest BCUT2D eigenvalue weighted by Gasteiger charge is 2.16. The smallest absolute Gasteiger partial charge is 0.255 e. The molecule has 2 rings (SSSR count). The zero-order chi connectivity index (χ0) is 12.3. The summed E-state index contributed by atoms with van der Waals surface area (Å²) in [5.41, 5.74) is 1.70. The minimum Gasteiger partial charge on any atom is -0.361 e. The highest BCUT2D eigenvalue weighted by molar-refractivity contribution is 6.05. The Morgan fingerprint density at radius 1 is 1.29 bits per heavy atom. The molecule has 1 aromatic carbocycles. The largest absolute Gasteiger partial charge is 0.361 e. The molecule has 1 aromatic heterocycles. The van der Waals surface area contributed by atoms with Crippen molar-refractivity contribution in [3.63, 3.8) is 0 Å². The first-order valence-electron chi connectivity index (χ1n) is 6.13. The van der Waals surface area contributed by atoms with Gasteiger partial charge in [0.1, 0.15) is 0 Å². The number of fused-ring (bicyclic) bond motifs is 1.